The third-order valence-electron chi connectivity index (χ3n) is 5.33. The van der Waals surface area contributed by atoms with Crippen LogP contribution in [0.3, 0.4) is 0 Å². The van der Waals surface area contributed by atoms with Gasteiger partial charge < -0.3 is 9.64 Å². The summed E-state index contributed by atoms with van der Waals surface area (Å²) in [5.41, 5.74) is 1.76. The molecule has 0 N–H and O–H groups in total. The predicted molar refractivity (Wildman–Crippen MR) is 96.2 cm³/mol. The van der Waals surface area contributed by atoms with Crippen LogP contribution in [-0.4, -0.2) is 64.4 Å². The number of hydrogen-bond donors (Lipinski definition) is 0. The number of aromatic nitrogens is 2. The molecular weight excluding hydrogens is 332 g/mol. The lowest BCUT2D eigenvalue weighted by atomic mass is 9.73. The highest BCUT2D eigenvalue weighted by Gasteiger charge is 2.42. The third kappa shape index (κ3) is 4.58. The summed E-state index contributed by atoms with van der Waals surface area (Å²) in [7, 11) is 0. The SMILES string of the molecule is CCOC(=O)CN1CCC[C@]2(CCC(=O)N(Cc3cnc(C)cn3)C2)C1. The molecule has 0 bridgehead atoms. The van der Waals surface area contributed by atoms with E-state index in [2.05, 4.69) is 14.9 Å². The van der Waals surface area contributed by atoms with Gasteiger partial charge in [-0.2, -0.15) is 0 Å². The molecule has 3 rings (SSSR count). The van der Waals surface area contributed by atoms with Crippen LogP contribution in [0.4, 0.5) is 0 Å². The minimum Gasteiger partial charge on any atom is -0.465 e. The summed E-state index contributed by atoms with van der Waals surface area (Å²) in [5, 5.41) is 0. The van der Waals surface area contributed by atoms with Crippen molar-refractivity contribution in [3.63, 3.8) is 0 Å². The van der Waals surface area contributed by atoms with Crippen molar-refractivity contribution in [3.8, 4) is 0 Å². The summed E-state index contributed by atoms with van der Waals surface area (Å²) in [6.07, 6.45) is 7.08. The molecule has 0 radical (unpaired) electrons. The number of carbonyl (C=O) groups is 2. The maximum Gasteiger partial charge on any atom is 0.320 e. The van der Waals surface area contributed by atoms with Crippen LogP contribution in [0, 0.1) is 12.3 Å². The van der Waals surface area contributed by atoms with Gasteiger partial charge in [-0.1, -0.05) is 0 Å². The molecule has 142 valence electrons. The molecule has 0 aromatic carbocycles. The van der Waals surface area contributed by atoms with Crippen molar-refractivity contribution in [1.82, 2.24) is 19.8 Å². The maximum absolute atomic E-state index is 12.4. The Balaban J connectivity index is 1.64. The van der Waals surface area contributed by atoms with Crippen molar-refractivity contribution < 1.29 is 14.3 Å². The molecule has 7 nitrogen and oxygen atoms in total. The number of piperidine rings is 2. The Labute approximate surface area is 154 Å². The molecule has 0 aliphatic carbocycles. The zero-order valence-electron chi connectivity index (χ0n) is 15.7. The van der Waals surface area contributed by atoms with Gasteiger partial charge in [-0.05, 0) is 39.7 Å². The van der Waals surface area contributed by atoms with Gasteiger partial charge in [0.2, 0.25) is 5.91 Å². The van der Waals surface area contributed by atoms with Crippen LogP contribution in [0.5, 0.6) is 0 Å². The van der Waals surface area contributed by atoms with Gasteiger partial charge in [0.25, 0.3) is 0 Å². The van der Waals surface area contributed by atoms with Gasteiger partial charge >= 0.3 is 5.97 Å². The Morgan fingerprint density at radius 3 is 2.85 bits per heavy atom. The van der Waals surface area contributed by atoms with Crippen LogP contribution >= 0.6 is 0 Å². The minimum atomic E-state index is -0.164. The molecule has 7 heteroatoms. The Hall–Kier alpha value is -2.02. The van der Waals surface area contributed by atoms with E-state index in [1.54, 1.807) is 12.4 Å². The molecule has 1 spiro atoms. The normalized spacial score (nSPS) is 24.1. The number of rotatable bonds is 5. The van der Waals surface area contributed by atoms with E-state index in [0.717, 1.165) is 50.3 Å². The highest BCUT2D eigenvalue weighted by molar-refractivity contribution is 5.77. The van der Waals surface area contributed by atoms with Gasteiger partial charge in [0.15, 0.2) is 0 Å². The summed E-state index contributed by atoms with van der Waals surface area (Å²) in [6.45, 7) is 7.47. The number of carbonyl (C=O) groups excluding carboxylic acids is 2. The molecule has 2 saturated heterocycles. The van der Waals surface area contributed by atoms with Gasteiger partial charge in [-0.3, -0.25) is 24.5 Å². The summed E-state index contributed by atoms with van der Waals surface area (Å²) in [4.78, 5) is 37.0. The molecular formula is C19H28N4O3. The second-order valence-corrected chi connectivity index (χ2v) is 7.52. The van der Waals surface area contributed by atoms with E-state index in [4.69, 9.17) is 4.74 Å². The van der Waals surface area contributed by atoms with Crippen LogP contribution in [-0.2, 0) is 20.9 Å². The van der Waals surface area contributed by atoms with Crippen molar-refractivity contribution in [3.05, 3.63) is 23.8 Å². The predicted octanol–water partition coefficient (Wildman–Crippen LogP) is 1.55. The van der Waals surface area contributed by atoms with E-state index in [-0.39, 0.29) is 17.3 Å². The van der Waals surface area contributed by atoms with Crippen LogP contribution in [0.25, 0.3) is 0 Å². The lowest BCUT2D eigenvalue weighted by molar-refractivity contribution is -0.147. The van der Waals surface area contributed by atoms with E-state index in [1.165, 1.54) is 0 Å². The quantitative estimate of drug-likeness (QED) is 0.742. The van der Waals surface area contributed by atoms with Gasteiger partial charge in [-0.25, -0.2) is 0 Å². The van der Waals surface area contributed by atoms with Gasteiger partial charge in [0, 0.05) is 31.1 Å². The zero-order valence-corrected chi connectivity index (χ0v) is 15.7. The number of likely N-dealkylation sites (tertiary alicyclic amines) is 2. The van der Waals surface area contributed by atoms with Gasteiger partial charge in [0.05, 0.1) is 37.3 Å². The first-order valence-electron chi connectivity index (χ1n) is 9.43. The first-order valence-corrected chi connectivity index (χ1v) is 9.43. The van der Waals surface area contributed by atoms with Crippen molar-refractivity contribution in [2.24, 2.45) is 5.41 Å². The Morgan fingerprint density at radius 2 is 2.12 bits per heavy atom. The lowest BCUT2D eigenvalue weighted by Crippen LogP contribution is -2.54. The van der Waals surface area contributed by atoms with Gasteiger partial charge in [-0.15, -0.1) is 0 Å². The molecule has 1 atom stereocenters. The van der Waals surface area contributed by atoms with Crippen LogP contribution in [0.2, 0.25) is 0 Å². The fourth-order valence-corrected chi connectivity index (χ4v) is 4.11. The highest BCUT2D eigenvalue weighted by atomic mass is 16.5. The summed E-state index contributed by atoms with van der Waals surface area (Å²) < 4.78 is 5.09. The van der Waals surface area contributed by atoms with Crippen LogP contribution < -0.4 is 0 Å². The Bertz CT molecular complexity index is 649. The Morgan fingerprint density at radius 1 is 1.27 bits per heavy atom. The van der Waals surface area contributed by atoms with Crippen molar-refractivity contribution in [2.75, 3.05) is 32.8 Å². The standard InChI is InChI=1S/C19H28N4O3/c1-3-26-18(25)12-22-8-4-6-19(13-22)7-5-17(24)23(14-19)11-16-10-20-15(2)9-21-16/h9-10H,3-8,11-14H2,1-2H3/t19-/m0/s1. The van der Waals surface area contributed by atoms with Crippen LogP contribution in [0.15, 0.2) is 12.4 Å². The summed E-state index contributed by atoms with van der Waals surface area (Å²) in [5.74, 6) is 0.0173. The number of ether oxygens (including phenoxy) is 1. The average molecular weight is 360 g/mol. The second-order valence-electron chi connectivity index (χ2n) is 7.52. The van der Waals surface area contributed by atoms with Gasteiger partial charge in [0.1, 0.15) is 0 Å². The summed E-state index contributed by atoms with van der Waals surface area (Å²) >= 11 is 0. The van der Waals surface area contributed by atoms with Crippen molar-refractivity contribution in [2.45, 2.75) is 46.1 Å². The molecule has 26 heavy (non-hydrogen) atoms. The third-order valence-corrected chi connectivity index (χ3v) is 5.33. The lowest BCUT2D eigenvalue weighted by Gasteiger charge is -2.48. The first-order chi connectivity index (χ1) is 12.5. The maximum atomic E-state index is 12.4. The molecule has 1 aromatic rings. The van der Waals surface area contributed by atoms with E-state index >= 15 is 0 Å². The van der Waals surface area contributed by atoms with E-state index in [0.29, 0.717) is 26.1 Å². The molecule has 2 fully saturated rings. The topological polar surface area (TPSA) is 75.6 Å². The number of amides is 1. The number of hydrogen-bond acceptors (Lipinski definition) is 6. The minimum absolute atomic E-state index is 0.0663. The fourth-order valence-electron chi connectivity index (χ4n) is 4.11. The number of aryl methyl sites for hydroxylation is 1. The molecule has 3 heterocycles. The first kappa shape index (κ1) is 18.8. The van der Waals surface area contributed by atoms with E-state index < -0.39 is 0 Å². The number of nitrogens with zero attached hydrogens (tertiary/aromatic N) is 4. The molecule has 2 aliphatic heterocycles. The monoisotopic (exact) mass is 360 g/mol. The highest BCUT2D eigenvalue weighted by Crippen LogP contribution is 2.39. The van der Waals surface area contributed by atoms with Crippen molar-refractivity contribution >= 4 is 11.9 Å². The molecule has 2 aliphatic rings. The average Bonchev–Trinajstić information content (AvgIpc) is 2.61. The molecule has 0 unspecified atom stereocenters. The fraction of sp³-hybridized carbons (Fsp3) is 0.684. The van der Waals surface area contributed by atoms with Crippen LogP contribution in [0.1, 0.15) is 44.0 Å². The van der Waals surface area contributed by atoms with E-state index in [9.17, 15) is 9.59 Å². The molecule has 1 amide bonds. The van der Waals surface area contributed by atoms with E-state index in [1.807, 2.05) is 18.7 Å². The van der Waals surface area contributed by atoms with Crippen molar-refractivity contribution in [1.29, 1.82) is 0 Å². The number of esters is 1. The zero-order chi connectivity index (χ0) is 18.6. The summed E-state index contributed by atoms with van der Waals surface area (Å²) in [6, 6.07) is 0. The smallest absolute Gasteiger partial charge is 0.320 e. The Kier molecular flexibility index (Phi) is 5.86. The second kappa shape index (κ2) is 8.12. The molecule has 0 saturated carbocycles. The molecule has 1 aromatic heterocycles. The largest absolute Gasteiger partial charge is 0.465 e.